The molecule has 2 aromatic carbocycles. The number of carbonyl (C=O) groups is 2. The Morgan fingerprint density at radius 2 is 1.68 bits per heavy atom. The van der Waals surface area contributed by atoms with Crippen LogP contribution >= 0.6 is 23.1 Å². The largest absolute Gasteiger partial charge is 0.493 e. The van der Waals surface area contributed by atoms with Crippen LogP contribution in [-0.4, -0.2) is 63.9 Å². The van der Waals surface area contributed by atoms with Crippen molar-refractivity contribution in [3.05, 3.63) is 58.9 Å². The van der Waals surface area contributed by atoms with E-state index in [1.165, 1.54) is 44.4 Å². The summed E-state index contributed by atoms with van der Waals surface area (Å²) >= 11 is 2.51. The molecule has 0 aliphatic rings. The van der Waals surface area contributed by atoms with Crippen molar-refractivity contribution in [3.63, 3.8) is 0 Å². The minimum atomic E-state index is -0.368. The Morgan fingerprint density at radius 3 is 2.29 bits per heavy atom. The molecule has 0 aliphatic heterocycles. The van der Waals surface area contributed by atoms with Gasteiger partial charge in [0.15, 0.2) is 22.5 Å². The second-order valence-electron chi connectivity index (χ2n) is 7.63. The molecule has 0 fully saturated rings. The van der Waals surface area contributed by atoms with Gasteiger partial charge in [-0.05, 0) is 31.2 Å². The fourth-order valence-electron chi connectivity index (χ4n) is 3.45. The van der Waals surface area contributed by atoms with Gasteiger partial charge >= 0.3 is 0 Å². The van der Waals surface area contributed by atoms with E-state index in [9.17, 15) is 9.59 Å². The van der Waals surface area contributed by atoms with Crippen molar-refractivity contribution < 1.29 is 23.8 Å². The van der Waals surface area contributed by atoms with E-state index in [-0.39, 0.29) is 24.1 Å². The standard InChI is InChI=1S/C24H25N7O5S2/c1-14-27-29-23(38-14)26-20(32)13-37-24-30-28-19(31(24)16-8-6-5-7-9-16)12-25-22(33)15-10-17(34-2)21(36-4)18(11-15)35-3/h5-11H,12-13H2,1-4H3,(H,25,33)(H,26,29,32). The minimum absolute atomic E-state index is 0.0776. The number of anilines is 1. The number of nitrogens with zero attached hydrogens (tertiary/aromatic N) is 5. The zero-order valence-corrected chi connectivity index (χ0v) is 22.7. The molecule has 198 valence electrons. The van der Waals surface area contributed by atoms with Gasteiger partial charge in [0.25, 0.3) is 5.91 Å². The van der Waals surface area contributed by atoms with Crippen LogP contribution in [0.15, 0.2) is 47.6 Å². The van der Waals surface area contributed by atoms with Crippen molar-refractivity contribution in [2.45, 2.75) is 18.6 Å². The molecule has 38 heavy (non-hydrogen) atoms. The van der Waals surface area contributed by atoms with Crippen LogP contribution in [0.3, 0.4) is 0 Å². The molecule has 0 saturated heterocycles. The summed E-state index contributed by atoms with van der Waals surface area (Å²) < 4.78 is 17.8. The number of ether oxygens (including phenoxy) is 3. The molecule has 0 atom stereocenters. The first-order valence-corrected chi connectivity index (χ1v) is 13.0. The first-order chi connectivity index (χ1) is 18.4. The Labute approximate surface area is 226 Å². The van der Waals surface area contributed by atoms with Gasteiger partial charge in [0.05, 0.1) is 33.6 Å². The highest BCUT2D eigenvalue weighted by Gasteiger charge is 2.20. The van der Waals surface area contributed by atoms with Gasteiger partial charge in [0, 0.05) is 11.3 Å². The van der Waals surface area contributed by atoms with Crippen LogP contribution in [0.2, 0.25) is 0 Å². The molecule has 12 nitrogen and oxygen atoms in total. The summed E-state index contributed by atoms with van der Waals surface area (Å²) in [6, 6.07) is 12.6. The van der Waals surface area contributed by atoms with Gasteiger partial charge in [-0.15, -0.1) is 20.4 Å². The van der Waals surface area contributed by atoms with Crippen molar-refractivity contribution in [2.24, 2.45) is 0 Å². The number of amides is 2. The van der Waals surface area contributed by atoms with Crippen LogP contribution in [0.5, 0.6) is 17.2 Å². The molecular formula is C24H25N7O5S2. The fraction of sp³-hybridized carbons (Fsp3) is 0.250. The number of carbonyl (C=O) groups excluding carboxylic acids is 2. The first-order valence-electron chi connectivity index (χ1n) is 11.2. The van der Waals surface area contributed by atoms with Gasteiger partial charge in [-0.2, -0.15) is 0 Å². The summed E-state index contributed by atoms with van der Waals surface area (Å²) in [7, 11) is 4.46. The Balaban J connectivity index is 1.51. The predicted octanol–water partition coefficient (Wildman–Crippen LogP) is 3.11. The molecule has 2 heterocycles. The van der Waals surface area contributed by atoms with Crippen LogP contribution < -0.4 is 24.8 Å². The number of para-hydroxylation sites is 1. The average Bonchev–Trinajstić information content (AvgIpc) is 3.55. The van der Waals surface area contributed by atoms with Crippen molar-refractivity contribution in [3.8, 4) is 22.9 Å². The third-order valence-corrected chi connectivity index (χ3v) is 6.84. The van der Waals surface area contributed by atoms with Gasteiger partial charge in [0.1, 0.15) is 5.01 Å². The number of aryl methyl sites for hydroxylation is 1. The van der Waals surface area contributed by atoms with Gasteiger partial charge < -0.3 is 19.5 Å². The Bertz CT molecular complexity index is 1400. The first kappa shape index (κ1) is 26.9. The highest BCUT2D eigenvalue weighted by atomic mass is 32.2. The highest BCUT2D eigenvalue weighted by Crippen LogP contribution is 2.38. The smallest absolute Gasteiger partial charge is 0.251 e. The maximum absolute atomic E-state index is 13.0. The van der Waals surface area contributed by atoms with Gasteiger partial charge in [-0.3, -0.25) is 19.5 Å². The topological polar surface area (TPSA) is 142 Å². The SMILES string of the molecule is COc1cc(C(=O)NCc2nnc(SCC(=O)Nc3nnc(C)s3)n2-c2ccccc2)cc(OC)c1OC. The summed E-state index contributed by atoms with van der Waals surface area (Å²) in [5.41, 5.74) is 1.11. The summed E-state index contributed by atoms with van der Waals surface area (Å²) in [6.07, 6.45) is 0. The quantitative estimate of drug-likeness (QED) is 0.265. The molecule has 2 N–H and O–H groups in total. The molecule has 4 rings (SSSR count). The van der Waals surface area contributed by atoms with Gasteiger partial charge in [-0.25, -0.2) is 0 Å². The highest BCUT2D eigenvalue weighted by molar-refractivity contribution is 7.99. The van der Waals surface area contributed by atoms with Crippen LogP contribution in [0, 0.1) is 6.92 Å². The van der Waals surface area contributed by atoms with Crippen molar-refractivity contribution in [2.75, 3.05) is 32.4 Å². The molecule has 14 heteroatoms. The van der Waals surface area contributed by atoms with Crippen LogP contribution in [0.25, 0.3) is 5.69 Å². The Morgan fingerprint density at radius 1 is 0.974 bits per heavy atom. The van der Waals surface area contributed by atoms with Crippen LogP contribution in [0.1, 0.15) is 21.2 Å². The second kappa shape index (κ2) is 12.4. The number of hydrogen-bond acceptors (Lipinski definition) is 11. The lowest BCUT2D eigenvalue weighted by Crippen LogP contribution is -2.25. The van der Waals surface area contributed by atoms with E-state index >= 15 is 0 Å². The lowest BCUT2D eigenvalue weighted by molar-refractivity contribution is -0.113. The summed E-state index contributed by atoms with van der Waals surface area (Å²) in [6.45, 7) is 1.89. The van der Waals surface area contributed by atoms with Crippen LogP contribution in [0.4, 0.5) is 5.13 Å². The molecule has 0 saturated carbocycles. The molecular weight excluding hydrogens is 530 g/mol. The molecule has 2 aromatic heterocycles. The number of aromatic nitrogens is 5. The summed E-state index contributed by atoms with van der Waals surface area (Å²) in [5.74, 6) is 1.08. The monoisotopic (exact) mass is 555 g/mol. The number of hydrogen-bond donors (Lipinski definition) is 2. The molecule has 0 spiro atoms. The maximum Gasteiger partial charge on any atom is 0.251 e. The van der Waals surface area contributed by atoms with E-state index in [1.54, 1.807) is 16.7 Å². The lowest BCUT2D eigenvalue weighted by Gasteiger charge is -2.14. The fourth-order valence-corrected chi connectivity index (χ4v) is 4.83. The predicted molar refractivity (Wildman–Crippen MR) is 143 cm³/mol. The normalized spacial score (nSPS) is 10.6. The van der Waals surface area contributed by atoms with Crippen LogP contribution in [-0.2, 0) is 11.3 Å². The Kier molecular flexibility index (Phi) is 8.76. The van der Waals surface area contributed by atoms with E-state index in [4.69, 9.17) is 14.2 Å². The molecule has 0 radical (unpaired) electrons. The Hall–Kier alpha value is -4.17. The van der Waals surface area contributed by atoms with E-state index in [1.807, 2.05) is 37.3 Å². The van der Waals surface area contributed by atoms with E-state index in [2.05, 4.69) is 31.0 Å². The number of rotatable bonds is 11. The number of methoxy groups -OCH3 is 3. The zero-order valence-electron chi connectivity index (χ0n) is 21.0. The average molecular weight is 556 g/mol. The molecule has 0 aliphatic carbocycles. The van der Waals surface area contributed by atoms with Crippen molar-refractivity contribution in [1.29, 1.82) is 0 Å². The second-order valence-corrected chi connectivity index (χ2v) is 9.75. The van der Waals surface area contributed by atoms with Gasteiger partial charge in [0.2, 0.25) is 16.8 Å². The molecule has 0 unspecified atom stereocenters. The van der Waals surface area contributed by atoms with Gasteiger partial charge in [-0.1, -0.05) is 41.3 Å². The van der Waals surface area contributed by atoms with Crippen molar-refractivity contribution >= 4 is 40.0 Å². The third-order valence-electron chi connectivity index (χ3n) is 5.15. The molecule has 0 bridgehead atoms. The molecule has 2 amide bonds. The third kappa shape index (κ3) is 6.20. The number of thioether (sulfide) groups is 1. The van der Waals surface area contributed by atoms with E-state index < -0.39 is 0 Å². The lowest BCUT2D eigenvalue weighted by atomic mass is 10.1. The van der Waals surface area contributed by atoms with E-state index in [0.717, 1.165) is 10.7 Å². The zero-order chi connectivity index (χ0) is 27.1. The maximum atomic E-state index is 13.0. The number of benzene rings is 2. The van der Waals surface area contributed by atoms with Crippen molar-refractivity contribution in [1.82, 2.24) is 30.3 Å². The summed E-state index contributed by atoms with van der Waals surface area (Å²) in [4.78, 5) is 25.4. The van der Waals surface area contributed by atoms with E-state index in [0.29, 0.717) is 38.9 Å². The molecule has 4 aromatic rings. The summed E-state index contributed by atoms with van der Waals surface area (Å²) in [5, 5.41) is 23.6. The minimum Gasteiger partial charge on any atom is -0.493 e. The number of nitrogens with one attached hydrogen (secondary N) is 2.